The lowest BCUT2D eigenvalue weighted by Gasteiger charge is -2.37. The number of likely N-dealkylation sites (tertiary alicyclic amines) is 1. The van der Waals surface area contributed by atoms with Gasteiger partial charge < -0.3 is 9.80 Å². The van der Waals surface area contributed by atoms with E-state index in [0.717, 1.165) is 44.6 Å². The number of nitrogens with one attached hydrogen (secondary N) is 2. The molecule has 0 radical (unpaired) electrons. The predicted molar refractivity (Wildman–Crippen MR) is 112 cm³/mol. The van der Waals surface area contributed by atoms with Gasteiger partial charge in [0, 0.05) is 45.8 Å². The fourth-order valence-corrected chi connectivity index (χ4v) is 4.68. The van der Waals surface area contributed by atoms with Crippen molar-refractivity contribution >= 4 is 11.8 Å². The monoisotopic (exact) mass is 399 g/mol. The smallest absolute Gasteiger partial charge is 0.236 e. The summed E-state index contributed by atoms with van der Waals surface area (Å²) in [7, 11) is 0. The van der Waals surface area contributed by atoms with Crippen molar-refractivity contribution in [2.75, 3.05) is 52.4 Å². The summed E-state index contributed by atoms with van der Waals surface area (Å²) >= 11 is 0. The minimum atomic E-state index is -0.0947. The second kappa shape index (κ2) is 9.69. The second-order valence-electron chi connectivity index (χ2n) is 8.42. The summed E-state index contributed by atoms with van der Waals surface area (Å²) in [6, 6.07) is 10.2. The molecule has 0 saturated carbocycles. The number of benzene rings is 1. The Hall–Kier alpha value is -1.96. The van der Waals surface area contributed by atoms with E-state index < -0.39 is 0 Å². The van der Waals surface area contributed by atoms with E-state index in [0.29, 0.717) is 26.2 Å². The van der Waals surface area contributed by atoms with Gasteiger partial charge in [0.05, 0.1) is 18.5 Å². The number of hydrogen-bond donors (Lipinski definition) is 2. The van der Waals surface area contributed by atoms with E-state index in [2.05, 4.69) is 27.9 Å². The van der Waals surface area contributed by atoms with Gasteiger partial charge in [0.2, 0.25) is 11.8 Å². The van der Waals surface area contributed by atoms with Crippen LogP contribution in [-0.4, -0.2) is 78.9 Å². The quantitative estimate of drug-likeness (QED) is 0.791. The van der Waals surface area contributed by atoms with Crippen LogP contribution in [0.25, 0.3) is 0 Å². The Labute approximate surface area is 173 Å². The Balaban J connectivity index is 1.28. The maximum absolute atomic E-state index is 13.2. The highest BCUT2D eigenvalue weighted by Crippen LogP contribution is 2.26. The maximum Gasteiger partial charge on any atom is 0.236 e. The largest absolute Gasteiger partial charge is 0.342 e. The van der Waals surface area contributed by atoms with E-state index in [-0.39, 0.29) is 23.8 Å². The number of hydrazine groups is 1. The summed E-state index contributed by atoms with van der Waals surface area (Å²) in [6.07, 6.45) is 4.72. The Morgan fingerprint density at radius 3 is 2.24 bits per heavy atom. The molecule has 0 aliphatic carbocycles. The number of amides is 2. The van der Waals surface area contributed by atoms with Crippen molar-refractivity contribution in [1.82, 2.24) is 25.6 Å². The van der Waals surface area contributed by atoms with Gasteiger partial charge in [-0.2, -0.15) is 0 Å². The Kier molecular flexibility index (Phi) is 6.79. The molecule has 7 heteroatoms. The number of carbonyl (C=O) groups is 2. The molecular formula is C22H33N5O2. The first-order chi connectivity index (χ1) is 14.2. The first-order valence-electron chi connectivity index (χ1n) is 11.0. The van der Waals surface area contributed by atoms with Crippen molar-refractivity contribution in [2.45, 2.75) is 31.7 Å². The van der Waals surface area contributed by atoms with Crippen LogP contribution in [-0.2, 0) is 9.59 Å². The molecule has 0 aromatic heterocycles. The minimum Gasteiger partial charge on any atom is -0.342 e. The molecule has 3 fully saturated rings. The fraction of sp³-hybridized carbons (Fsp3) is 0.636. The maximum atomic E-state index is 13.2. The first kappa shape index (κ1) is 20.3. The fourth-order valence-electron chi connectivity index (χ4n) is 4.68. The number of nitrogens with zero attached hydrogens (tertiary/aromatic N) is 3. The molecule has 2 N–H and O–H groups in total. The van der Waals surface area contributed by atoms with Crippen LogP contribution >= 0.6 is 0 Å². The highest BCUT2D eigenvalue weighted by molar-refractivity contribution is 5.81. The molecule has 7 nitrogen and oxygen atoms in total. The molecule has 3 heterocycles. The lowest BCUT2D eigenvalue weighted by Crippen LogP contribution is -2.53. The summed E-state index contributed by atoms with van der Waals surface area (Å²) in [5, 5.41) is 0. The van der Waals surface area contributed by atoms with Gasteiger partial charge in [-0.25, -0.2) is 5.43 Å². The number of piperazine rings is 1. The molecule has 2 atom stereocenters. The van der Waals surface area contributed by atoms with Gasteiger partial charge in [-0.1, -0.05) is 43.2 Å². The van der Waals surface area contributed by atoms with E-state index >= 15 is 0 Å². The molecule has 0 bridgehead atoms. The van der Waals surface area contributed by atoms with Crippen LogP contribution in [0.2, 0.25) is 0 Å². The third-order valence-electron chi connectivity index (χ3n) is 6.46. The van der Waals surface area contributed by atoms with Crippen molar-refractivity contribution in [1.29, 1.82) is 0 Å². The number of carbonyl (C=O) groups excluding carboxylic acids is 2. The van der Waals surface area contributed by atoms with Crippen LogP contribution in [0.3, 0.4) is 0 Å². The third kappa shape index (κ3) is 4.97. The molecule has 0 spiro atoms. The molecule has 3 aliphatic heterocycles. The molecule has 29 heavy (non-hydrogen) atoms. The van der Waals surface area contributed by atoms with Gasteiger partial charge >= 0.3 is 0 Å². The van der Waals surface area contributed by atoms with Gasteiger partial charge in [0.1, 0.15) is 0 Å². The zero-order valence-electron chi connectivity index (χ0n) is 17.2. The van der Waals surface area contributed by atoms with Crippen LogP contribution < -0.4 is 10.9 Å². The summed E-state index contributed by atoms with van der Waals surface area (Å²) in [6.45, 7) is 5.88. The molecule has 3 aliphatic rings. The molecule has 158 valence electrons. The standard InChI is InChI=1S/C22H33N5O2/c28-20(26-10-6-1-2-7-11-26)17-25-12-14-27(15-13-25)22(29)19-16-23-24-21(19)18-8-4-3-5-9-18/h3-5,8-9,19,21,23-24H,1-2,6-7,10-17H2. The molecular weight excluding hydrogens is 366 g/mol. The number of rotatable bonds is 4. The van der Waals surface area contributed by atoms with Gasteiger partial charge in [-0.05, 0) is 18.4 Å². The summed E-state index contributed by atoms with van der Waals surface area (Å²) in [4.78, 5) is 32.0. The zero-order chi connectivity index (χ0) is 20.1. The van der Waals surface area contributed by atoms with Gasteiger partial charge in [-0.3, -0.25) is 19.9 Å². The van der Waals surface area contributed by atoms with Crippen molar-refractivity contribution in [3.05, 3.63) is 35.9 Å². The summed E-state index contributed by atoms with van der Waals surface area (Å²) in [5.41, 5.74) is 7.56. The van der Waals surface area contributed by atoms with Gasteiger partial charge in [0.15, 0.2) is 0 Å². The first-order valence-corrected chi connectivity index (χ1v) is 11.0. The van der Waals surface area contributed by atoms with E-state index in [1.54, 1.807) is 0 Å². The highest BCUT2D eigenvalue weighted by atomic mass is 16.2. The van der Waals surface area contributed by atoms with Crippen LogP contribution in [0.15, 0.2) is 30.3 Å². The second-order valence-corrected chi connectivity index (χ2v) is 8.42. The van der Waals surface area contributed by atoms with Crippen LogP contribution in [0.4, 0.5) is 0 Å². The van der Waals surface area contributed by atoms with Crippen molar-refractivity contribution in [3.8, 4) is 0 Å². The molecule has 1 aromatic rings. The van der Waals surface area contributed by atoms with Crippen molar-refractivity contribution in [2.24, 2.45) is 5.92 Å². The highest BCUT2D eigenvalue weighted by Gasteiger charge is 2.37. The zero-order valence-corrected chi connectivity index (χ0v) is 17.2. The molecule has 2 amide bonds. The Morgan fingerprint density at radius 1 is 0.862 bits per heavy atom. The topological polar surface area (TPSA) is 67.9 Å². The van der Waals surface area contributed by atoms with Crippen LogP contribution in [0.5, 0.6) is 0 Å². The summed E-state index contributed by atoms with van der Waals surface area (Å²) in [5.74, 6) is 0.359. The van der Waals surface area contributed by atoms with Gasteiger partial charge in [-0.15, -0.1) is 0 Å². The van der Waals surface area contributed by atoms with Crippen molar-refractivity contribution < 1.29 is 9.59 Å². The van der Waals surface area contributed by atoms with Crippen LogP contribution in [0, 0.1) is 5.92 Å². The van der Waals surface area contributed by atoms with E-state index in [9.17, 15) is 9.59 Å². The van der Waals surface area contributed by atoms with Gasteiger partial charge in [0.25, 0.3) is 0 Å². The average molecular weight is 400 g/mol. The normalized spacial score (nSPS) is 26.3. The van der Waals surface area contributed by atoms with E-state index in [4.69, 9.17) is 0 Å². The third-order valence-corrected chi connectivity index (χ3v) is 6.46. The van der Waals surface area contributed by atoms with E-state index in [1.807, 2.05) is 28.0 Å². The molecule has 1 aromatic carbocycles. The molecule has 2 unspecified atom stereocenters. The predicted octanol–water partition coefficient (Wildman–Crippen LogP) is 0.999. The number of hydrogen-bond acceptors (Lipinski definition) is 5. The Bertz CT molecular complexity index is 682. The lowest BCUT2D eigenvalue weighted by atomic mass is 9.93. The summed E-state index contributed by atoms with van der Waals surface area (Å²) < 4.78 is 0. The van der Waals surface area contributed by atoms with Crippen molar-refractivity contribution in [3.63, 3.8) is 0 Å². The van der Waals surface area contributed by atoms with E-state index in [1.165, 1.54) is 12.8 Å². The molecule has 3 saturated heterocycles. The SMILES string of the molecule is O=C(CN1CCN(C(=O)C2CNNC2c2ccccc2)CC1)N1CCCCCC1. The molecule has 4 rings (SSSR count). The average Bonchev–Trinajstić information content (AvgIpc) is 3.09. The Morgan fingerprint density at radius 2 is 1.55 bits per heavy atom. The lowest BCUT2D eigenvalue weighted by molar-refractivity contribution is -0.138. The van der Waals surface area contributed by atoms with Crippen LogP contribution in [0.1, 0.15) is 37.3 Å². The minimum absolute atomic E-state index is 0.00587.